The molecule has 0 aliphatic rings. The maximum Gasteiger partial charge on any atom is 0.0681 e. The summed E-state index contributed by atoms with van der Waals surface area (Å²) in [4.78, 5) is 0. The second kappa shape index (κ2) is 7.39. The SMILES string of the molecule is CC(C)c1ccc(C(C)NCc2cccc(CO)c2)cc1. The van der Waals surface area contributed by atoms with Gasteiger partial charge in [0.1, 0.15) is 0 Å². The molecule has 0 spiro atoms. The van der Waals surface area contributed by atoms with Crippen LogP contribution in [0.4, 0.5) is 0 Å². The zero-order valence-corrected chi connectivity index (χ0v) is 13.1. The van der Waals surface area contributed by atoms with E-state index >= 15 is 0 Å². The van der Waals surface area contributed by atoms with Crippen LogP contribution in [0.25, 0.3) is 0 Å². The predicted molar refractivity (Wildman–Crippen MR) is 88.2 cm³/mol. The summed E-state index contributed by atoms with van der Waals surface area (Å²) in [6.07, 6.45) is 0. The van der Waals surface area contributed by atoms with E-state index in [1.807, 2.05) is 18.2 Å². The van der Waals surface area contributed by atoms with E-state index in [9.17, 15) is 0 Å². The molecule has 1 unspecified atom stereocenters. The summed E-state index contributed by atoms with van der Waals surface area (Å²) in [6.45, 7) is 7.51. The molecule has 2 rings (SSSR count). The average Bonchev–Trinajstić information content (AvgIpc) is 2.53. The molecule has 0 bridgehead atoms. The number of aliphatic hydroxyl groups excluding tert-OH is 1. The van der Waals surface area contributed by atoms with E-state index in [-0.39, 0.29) is 6.61 Å². The van der Waals surface area contributed by atoms with Crippen LogP contribution in [-0.4, -0.2) is 5.11 Å². The predicted octanol–water partition coefficient (Wildman–Crippen LogP) is 4.15. The van der Waals surface area contributed by atoms with Crippen molar-refractivity contribution in [3.8, 4) is 0 Å². The zero-order valence-electron chi connectivity index (χ0n) is 13.1. The summed E-state index contributed by atoms with van der Waals surface area (Å²) in [7, 11) is 0. The molecule has 0 amide bonds. The van der Waals surface area contributed by atoms with E-state index in [1.165, 1.54) is 16.7 Å². The first kappa shape index (κ1) is 15.7. The molecule has 2 aromatic rings. The van der Waals surface area contributed by atoms with Crippen molar-refractivity contribution in [1.82, 2.24) is 5.32 Å². The number of hydrogen-bond donors (Lipinski definition) is 2. The number of aliphatic hydroxyl groups is 1. The van der Waals surface area contributed by atoms with Crippen LogP contribution in [0.2, 0.25) is 0 Å². The lowest BCUT2D eigenvalue weighted by Gasteiger charge is -2.16. The molecule has 0 radical (unpaired) electrons. The maximum absolute atomic E-state index is 9.17. The number of benzene rings is 2. The van der Waals surface area contributed by atoms with Gasteiger partial charge in [0.25, 0.3) is 0 Å². The van der Waals surface area contributed by atoms with E-state index in [4.69, 9.17) is 5.11 Å². The lowest BCUT2D eigenvalue weighted by atomic mass is 9.99. The second-order valence-electron chi connectivity index (χ2n) is 5.90. The zero-order chi connectivity index (χ0) is 15.2. The fourth-order valence-corrected chi connectivity index (χ4v) is 2.40. The van der Waals surface area contributed by atoms with Crippen molar-refractivity contribution in [2.75, 3.05) is 0 Å². The van der Waals surface area contributed by atoms with Crippen molar-refractivity contribution in [1.29, 1.82) is 0 Å². The van der Waals surface area contributed by atoms with Gasteiger partial charge in [-0.25, -0.2) is 0 Å². The molecule has 2 heteroatoms. The highest BCUT2D eigenvalue weighted by atomic mass is 16.3. The van der Waals surface area contributed by atoms with Crippen molar-refractivity contribution in [3.63, 3.8) is 0 Å². The van der Waals surface area contributed by atoms with Gasteiger partial charge in [0.05, 0.1) is 6.61 Å². The molecular weight excluding hydrogens is 258 g/mol. The molecule has 0 heterocycles. The van der Waals surface area contributed by atoms with Gasteiger partial charge in [0, 0.05) is 12.6 Å². The van der Waals surface area contributed by atoms with Crippen LogP contribution in [0.5, 0.6) is 0 Å². The van der Waals surface area contributed by atoms with E-state index in [0.717, 1.165) is 12.1 Å². The minimum atomic E-state index is 0.0973. The van der Waals surface area contributed by atoms with Crippen LogP contribution >= 0.6 is 0 Å². The van der Waals surface area contributed by atoms with Gasteiger partial charge < -0.3 is 10.4 Å². The Kier molecular flexibility index (Phi) is 5.54. The summed E-state index contributed by atoms with van der Waals surface area (Å²) in [5, 5.41) is 12.7. The second-order valence-corrected chi connectivity index (χ2v) is 5.90. The van der Waals surface area contributed by atoms with E-state index < -0.39 is 0 Å². The van der Waals surface area contributed by atoms with Gasteiger partial charge in [-0.1, -0.05) is 62.4 Å². The normalized spacial score (nSPS) is 12.6. The minimum Gasteiger partial charge on any atom is -0.392 e. The third kappa shape index (κ3) is 4.42. The average molecular weight is 283 g/mol. The molecule has 0 aliphatic heterocycles. The monoisotopic (exact) mass is 283 g/mol. The van der Waals surface area contributed by atoms with E-state index in [1.54, 1.807) is 0 Å². The Labute approximate surface area is 127 Å². The third-order valence-electron chi connectivity index (χ3n) is 3.89. The smallest absolute Gasteiger partial charge is 0.0681 e. The quantitative estimate of drug-likeness (QED) is 0.834. The number of hydrogen-bond acceptors (Lipinski definition) is 2. The first-order valence-electron chi connectivity index (χ1n) is 7.62. The van der Waals surface area contributed by atoms with Crippen LogP contribution in [-0.2, 0) is 13.2 Å². The molecule has 0 saturated heterocycles. The molecule has 2 nitrogen and oxygen atoms in total. The maximum atomic E-state index is 9.17. The largest absolute Gasteiger partial charge is 0.392 e. The summed E-state index contributed by atoms with van der Waals surface area (Å²) in [6, 6.07) is 17.2. The van der Waals surface area contributed by atoms with Gasteiger partial charge in [-0.3, -0.25) is 0 Å². The number of rotatable bonds is 6. The first-order chi connectivity index (χ1) is 10.1. The van der Waals surface area contributed by atoms with Gasteiger partial charge in [0.2, 0.25) is 0 Å². The van der Waals surface area contributed by atoms with Crippen molar-refractivity contribution in [2.45, 2.75) is 45.9 Å². The summed E-state index contributed by atoms with van der Waals surface area (Å²) in [5.74, 6) is 0.573. The third-order valence-corrected chi connectivity index (χ3v) is 3.89. The highest BCUT2D eigenvalue weighted by Gasteiger charge is 2.06. The highest BCUT2D eigenvalue weighted by molar-refractivity contribution is 5.27. The molecule has 21 heavy (non-hydrogen) atoms. The molecule has 0 saturated carbocycles. The van der Waals surface area contributed by atoms with Crippen molar-refractivity contribution in [2.24, 2.45) is 0 Å². The topological polar surface area (TPSA) is 32.3 Å². The molecule has 112 valence electrons. The first-order valence-corrected chi connectivity index (χ1v) is 7.62. The van der Waals surface area contributed by atoms with E-state index in [2.05, 4.69) is 56.4 Å². The molecular formula is C19H25NO. The molecule has 0 aliphatic carbocycles. The fourth-order valence-electron chi connectivity index (χ4n) is 2.40. The van der Waals surface area contributed by atoms with Crippen LogP contribution < -0.4 is 5.32 Å². The molecule has 2 aromatic carbocycles. The van der Waals surface area contributed by atoms with Crippen molar-refractivity contribution in [3.05, 3.63) is 70.8 Å². The van der Waals surface area contributed by atoms with Crippen molar-refractivity contribution < 1.29 is 5.11 Å². The Hall–Kier alpha value is -1.64. The highest BCUT2D eigenvalue weighted by Crippen LogP contribution is 2.19. The molecule has 1 atom stereocenters. The standard InChI is InChI=1S/C19H25NO/c1-14(2)18-7-9-19(10-8-18)15(3)20-12-16-5-4-6-17(11-16)13-21/h4-11,14-15,20-21H,12-13H2,1-3H3. The minimum absolute atomic E-state index is 0.0973. The Morgan fingerprint density at radius 1 is 0.905 bits per heavy atom. The Balaban J connectivity index is 1.96. The van der Waals surface area contributed by atoms with Gasteiger partial charge in [-0.15, -0.1) is 0 Å². The van der Waals surface area contributed by atoms with E-state index in [0.29, 0.717) is 12.0 Å². The van der Waals surface area contributed by atoms with Gasteiger partial charge in [0.15, 0.2) is 0 Å². The number of nitrogens with one attached hydrogen (secondary N) is 1. The summed E-state index contributed by atoms with van der Waals surface area (Å²) in [5.41, 5.74) is 4.84. The van der Waals surface area contributed by atoms with Crippen LogP contribution in [0, 0.1) is 0 Å². The molecule has 2 N–H and O–H groups in total. The summed E-state index contributed by atoms with van der Waals surface area (Å²) < 4.78 is 0. The van der Waals surface area contributed by atoms with Crippen LogP contribution in [0.1, 0.15) is 55.0 Å². The lowest BCUT2D eigenvalue weighted by Crippen LogP contribution is -2.18. The Morgan fingerprint density at radius 3 is 2.14 bits per heavy atom. The lowest BCUT2D eigenvalue weighted by molar-refractivity contribution is 0.281. The van der Waals surface area contributed by atoms with Gasteiger partial charge in [-0.05, 0) is 35.1 Å². The Bertz CT molecular complexity index is 560. The summed E-state index contributed by atoms with van der Waals surface area (Å²) >= 11 is 0. The fraction of sp³-hybridized carbons (Fsp3) is 0.368. The van der Waals surface area contributed by atoms with Crippen LogP contribution in [0.15, 0.2) is 48.5 Å². The van der Waals surface area contributed by atoms with Crippen LogP contribution in [0.3, 0.4) is 0 Å². The van der Waals surface area contributed by atoms with Crippen molar-refractivity contribution >= 4 is 0 Å². The Morgan fingerprint density at radius 2 is 1.52 bits per heavy atom. The van der Waals surface area contributed by atoms with Gasteiger partial charge >= 0.3 is 0 Å². The molecule has 0 fully saturated rings. The molecule has 0 aromatic heterocycles. The van der Waals surface area contributed by atoms with Gasteiger partial charge in [-0.2, -0.15) is 0 Å².